The van der Waals surface area contributed by atoms with E-state index in [0.717, 1.165) is 0 Å². The number of carbonyl (C=O) groups excluding carboxylic acids is 1. The van der Waals surface area contributed by atoms with Crippen LogP contribution >= 0.6 is 0 Å². The molecule has 0 bridgehead atoms. The van der Waals surface area contributed by atoms with Crippen LogP contribution in [0.3, 0.4) is 0 Å². The van der Waals surface area contributed by atoms with E-state index in [1.165, 1.54) is 29.2 Å². The Morgan fingerprint density at radius 3 is 2.88 bits per heavy atom. The molecule has 1 aromatic carbocycles. The molecule has 0 spiro atoms. The fourth-order valence-electron chi connectivity index (χ4n) is 1.90. The van der Waals surface area contributed by atoms with Crippen molar-refractivity contribution in [3.63, 3.8) is 0 Å². The minimum atomic E-state index is -0.444. The van der Waals surface area contributed by atoms with Crippen molar-refractivity contribution in [2.24, 2.45) is 0 Å². The standard InChI is InChI=1S/C12H10FNO3/c13-8-1-2-10-7(3-8)4-11(17-10)12(16)14-5-9(15)6-14/h1-4,9,15H,5-6H2. The molecule has 3 rings (SSSR count). The van der Waals surface area contributed by atoms with Crippen LogP contribution in [0.1, 0.15) is 10.6 Å². The molecule has 1 aliphatic heterocycles. The molecular formula is C12H10FNO3. The van der Waals surface area contributed by atoms with E-state index in [4.69, 9.17) is 9.52 Å². The summed E-state index contributed by atoms with van der Waals surface area (Å²) in [5.74, 6) is -0.457. The lowest BCUT2D eigenvalue weighted by atomic mass is 10.1. The lowest BCUT2D eigenvalue weighted by Gasteiger charge is -2.35. The van der Waals surface area contributed by atoms with Gasteiger partial charge in [-0.1, -0.05) is 0 Å². The number of furan rings is 1. The third-order valence-electron chi connectivity index (χ3n) is 2.84. The quantitative estimate of drug-likeness (QED) is 0.812. The van der Waals surface area contributed by atoms with Gasteiger partial charge in [0, 0.05) is 18.5 Å². The molecule has 5 heteroatoms. The second kappa shape index (κ2) is 3.56. The molecule has 0 aliphatic carbocycles. The van der Waals surface area contributed by atoms with E-state index in [1.807, 2.05) is 0 Å². The molecule has 0 unspecified atom stereocenters. The summed E-state index contributed by atoms with van der Waals surface area (Å²) in [7, 11) is 0. The molecule has 2 heterocycles. The molecule has 1 saturated heterocycles. The predicted octanol–water partition coefficient (Wildman–Crippen LogP) is 1.39. The number of halogens is 1. The predicted molar refractivity (Wildman–Crippen MR) is 58.1 cm³/mol. The SMILES string of the molecule is O=C(c1cc2cc(F)ccc2o1)N1CC(O)C1. The van der Waals surface area contributed by atoms with E-state index >= 15 is 0 Å². The van der Waals surface area contributed by atoms with Crippen molar-refractivity contribution in [3.8, 4) is 0 Å². The Bertz CT molecular complexity index is 586. The molecule has 1 fully saturated rings. The van der Waals surface area contributed by atoms with Crippen molar-refractivity contribution in [1.29, 1.82) is 0 Å². The molecule has 4 nitrogen and oxygen atoms in total. The molecule has 17 heavy (non-hydrogen) atoms. The van der Waals surface area contributed by atoms with Gasteiger partial charge in [0.25, 0.3) is 5.91 Å². The van der Waals surface area contributed by atoms with E-state index in [-0.39, 0.29) is 17.5 Å². The molecule has 1 aromatic heterocycles. The van der Waals surface area contributed by atoms with Crippen LogP contribution in [0.5, 0.6) is 0 Å². The van der Waals surface area contributed by atoms with E-state index < -0.39 is 6.10 Å². The maximum atomic E-state index is 13.0. The lowest BCUT2D eigenvalue weighted by molar-refractivity contribution is 0.00406. The van der Waals surface area contributed by atoms with Gasteiger partial charge in [0.1, 0.15) is 11.4 Å². The second-order valence-corrected chi connectivity index (χ2v) is 4.16. The number of carbonyl (C=O) groups is 1. The summed E-state index contributed by atoms with van der Waals surface area (Å²) >= 11 is 0. The molecular weight excluding hydrogens is 225 g/mol. The van der Waals surface area contributed by atoms with Crippen LogP contribution in [0, 0.1) is 5.82 Å². The van der Waals surface area contributed by atoms with Gasteiger partial charge in [-0.15, -0.1) is 0 Å². The highest BCUT2D eigenvalue weighted by atomic mass is 19.1. The first kappa shape index (κ1) is 10.3. The van der Waals surface area contributed by atoms with Gasteiger partial charge < -0.3 is 14.4 Å². The van der Waals surface area contributed by atoms with Crippen LogP contribution in [0.2, 0.25) is 0 Å². The summed E-state index contributed by atoms with van der Waals surface area (Å²) < 4.78 is 18.3. The Balaban J connectivity index is 1.93. The van der Waals surface area contributed by atoms with Gasteiger partial charge in [-0.2, -0.15) is 0 Å². The number of rotatable bonds is 1. The van der Waals surface area contributed by atoms with Crippen LogP contribution in [0.15, 0.2) is 28.7 Å². The Labute approximate surface area is 96.2 Å². The van der Waals surface area contributed by atoms with E-state index in [1.54, 1.807) is 0 Å². The van der Waals surface area contributed by atoms with E-state index in [2.05, 4.69) is 0 Å². The topological polar surface area (TPSA) is 53.7 Å². The summed E-state index contributed by atoms with van der Waals surface area (Å²) in [4.78, 5) is 13.3. The number of fused-ring (bicyclic) bond motifs is 1. The maximum Gasteiger partial charge on any atom is 0.289 e. The number of nitrogens with zero attached hydrogens (tertiary/aromatic N) is 1. The van der Waals surface area contributed by atoms with Crippen molar-refractivity contribution >= 4 is 16.9 Å². The molecule has 1 amide bonds. The molecule has 1 N–H and O–H groups in total. The highest BCUT2D eigenvalue weighted by Gasteiger charge is 2.31. The van der Waals surface area contributed by atoms with E-state index in [0.29, 0.717) is 24.1 Å². The van der Waals surface area contributed by atoms with Gasteiger partial charge in [-0.05, 0) is 24.3 Å². The van der Waals surface area contributed by atoms with Gasteiger partial charge >= 0.3 is 0 Å². The number of aliphatic hydroxyl groups excluding tert-OH is 1. The molecule has 88 valence electrons. The van der Waals surface area contributed by atoms with Crippen molar-refractivity contribution < 1.29 is 18.7 Å². The van der Waals surface area contributed by atoms with Crippen LogP contribution in [0.4, 0.5) is 4.39 Å². The van der Waals surface area contributed by atoms with Gasteiger partial charge in [0.2, 0.25) is 0 Å². The minimum absolute atomic E-state index is 0.178. The molecule has 1 aliphatic rings. The largest absolute Gasteiger partial charge is 0.451 e. The Hall–Kier alpha value is -1.88. The van der Waals surface area contributed by atoms with Crippen molar-refractivity contribution in [2.45, 2.75) is 6.10 Å². The summed E-state index contributed by atoms with van der Waals surface area (Å²) in [6, 6.07) is 5.62. The number of hydrogen-bond acceptors (Lipinski definition) is 3. The van der Waals surface area contributed by atoms with E-state index in [9.17, 15) is 9.18 Å². The number of hydrogen-bond donors (Lipinski definition) is 1. The third kappa shape index (κ3) is 1.68. The van der Waals surface area contributed by atoms with Gasteiger partial charge in [0.15, 0.2) is 5.76 Å². The summed E-state index contributed by atoms with van der Waals surface area (Å²) in [5.41, 5.74) is 0.482. The van der Waals surface area contributed by atoms with Gasteiger partial charge in [-0.25, -0.2) is 4.39 Å². The first-order chi connectivity index (χ1) is 8.13. The number of β-amino-alcohol motifs (C(OH)–C–C–N with tert-alkyl or cyclic N) is 1. The molecule has 2 aromatic rings. The zero-order chi connectivity index (χ0) is 12.0. The Kier molecular flexibility index (Phi) is 2.16. The first-order valence-electron chi connectivity index (χ1n) is 5.30. The van der Waals surface area contributed by atoms with Crippen molar-refractivity contribution in [3.05, 3.63) is 35.8 Å². The minimum Gasteiger partial charge on any atom is -0.451 e. The highest BCUT2D eigenvalue weighted by Crippen LogP contribution is 2.22. The summed E-state index contributed by atoms with van der Waals surface area (Å²) in [5, 5.41) is 9.68. The normalized spacial score (nSPS) is 16.2. The number of benzene rings is 1. The number of likely N-dealkylation sites (tertiary alicyclic amines) is 1. The number of aliphatic hydroxyl groups is 1. The van der Waals surface area contributed by atoms with Crippen LogP contribution < -0.4 is 0 Å². The smallest absolute Gasteiger partial charge is 0.289 e. The van der Waals surface area contributed by atoms with Gasteiger partial charge in [-0.3, -0.25) is 4.79 Å². The highest BCUT2D eigenvalue weighted by molar-refractivity contribution is 5.96. The Morgan fingerprint density at radius 2 is 2.18 bits per heavy atom. The molecule has 0 saturated carbocycles. The van der Waals surface area contributed by atoms with Crippen molar-refractivity contribution in [2.75, 3.05) is 13.1 Å². The summed E-state index contributed by atoms with van der Waals surface area (Å²) in [6.45, 7) is 0.647. The van der Waals surface area contributed by atoms with Crippen LogP contribution in [-0.4, -0.2) is 35.1 Å². The summed E-state index contributed by atoms with van der Waals surface area (Å²) in [6.07, 6.45) is -0.444. The maximum absolute atomic E-state index is 13.0. The third-order valence-corrected chi connectivity index (χ3v) is 2.84. The monoisotopic (exact) mass is 235 g/mol. The average Bonchev–Trinajstić information content (AvgIpc) is 2.66. The van der Waals surface area contributed by atoms with Gasteiger partial charge in [0.05, 0.1) is 6.10 Å². The molecule has 0 atom stereocenters. The zero-order valence-corrected chi connectivity index (χ0v) is 8.89. The van der Waals surface area contributed by atoms with Crippen molar-refractivity contribution in [1.82, 2.24) is 4.90 Å². The number of amides is 1. The first-order valence-corrected chi connectivity index (χ1v) is 5.30. The van der Waals surface area contributed by atoms with Crippen LogP contribution in [0.25, 0.3) is 11.0 Å². The lowest BCUT2D eigenvalue weighted by Crippen LogP contribution is -2.53. The zero-order valence-electron chi connectivity index (χ0n) is 8.89. The average molecular weight is 235 g/mol. The fourth-order valence-corrected chi connectivity index (χ4v) is 1.90. The fraction of sp³-hybridized carbons (Fsp3) is 0.250. The molecule has 0 radical (unpaired) electrons. The van der Waals surface area contributed by atoms with Crippen LogP contribution in [-0.2, 0) is 0 Å². The Morgan fingerprint density at radius 1 is 1.41 bits per heavy atom. The second-order valence-electron chi connectivity index (χ2n) is 4.16.